The topological polar surface area (TPSA) is 9.23 Å². The molecule has 0 bridgehead atoms. The molecule has 0 saturated heterocycles. The van der Waals surface area contributed by atoms with Crippen molar-refractivity contribution in [2.45, 2.75) is 91.0 Å². The summed E-state index contributed by atoms with van der Waals surface area (Å²) in [6.45, 7) is 11.3. The number of hydrogen-bond acceptors (Lipinski definition) is 1. The maximum atomic E-state index is 6.02. The summed E-state index contributed by atoms with van der Waals surface area (Å²) in [6, 6.07) is 1.33. The molecule has 0 fully saturated rings. The summed E-state index contributed by atoms with van der Waals surface area (Å²) < 4.78 is 6.02. The van der Waals surface area contributed by atoms with Gasteiger partial charge in [-0.15, -0.1) is 0 Å². The first-order valence-electron chi connectivity index (χ1n) is 7.16. The zero-order valence-corrected chi connectivity index (χ0v) is 13.1. The normalized spacial score (nSPS) is 12.4. The fourth-order valence-corrected chi connectivity index (χ4v) is 4.70. The van der Waals surface area contributed by atoms with Gasteiger partial charge in [0.2, 0.25) is 0 Å². The molecule has 0 unspecified atom stereocenters. The van der Waals surface area contributed by atoms with Crippen LogP contribution >= 0.6 is 0 Å². The Labute approximate surface area is 104 Å². The monoisotopic (exact) mass is 244 g/mol. The summed E-state index contributed by atoms with van der Waals surface area (Å²) in [7, 11) is -1.34. The average Bonchev–Trinajstić information content (AvgIpc) is 2.14. The van der Waals surface area contributed by atoms with Gasteiger partial charge in [-0.1, -0.05) is 51.9 Å². The van der Waals surface area contributed by atoms with Gasteiger partial charge in [0.1, 0.15) is 0 Å². The van der Waals surface area contributed by atoms with Crippen molar-refractivity contribution in [1.82, 2.24) is 0 Å². The van der Waals surface area contributed by atoms with Crippen molar-refractivity contribution >= 4 is 8.32 Å². The molecule has 98 valence electrons. The maximum absolute atomic E-state index is 6.02. The van der Waals surface area contributed by atoms with Crippen molar-refractivity contribution in [3.8, 4) is 0 Å². The Morgan fingerprint density at radius 1 is 0.875 bits per heavy atom. The molecule has 0 radical (unpaired) electrons. The summed E-state index contributed by atoms with van der Waals surface area (Å²) in [4.78, 5) is 0. The van der Waals surface area contributed by atoms with E-state index in [1.165, 1.54) is 51.0 Å². The molecule has 2 heteroatoms. The molecular formula is C14H32OSi. The van der Waals surface area contributed by atoms with Crippen LogP contribution in [0.15, 0.2) is 0 Å². The second-order valence-corrected chi connectivity index (χ2v) is 10.1. The lowest BCUT2D eigenvalue weighted by atomic mass is 10.1. The lowest BCUT2D eigenvalue weighted by Gasteiger charge is -2.25. The minimum absolute atomic E-state index is 0.409. The van der Waals surface area contributed by atoms with Crippen LogP contribution in [0.5, 0.6) is 0 Å². The van der Waals surface area contributed by atoms with E-state index < -0.39 is 8.32 Å². The largest absolute Gasteiger partial charge is 0.415 e. The summed E-state index contributed by atoms with van der Waals surface area (Å²) in [5.74, 6) is 0. The lowest BCUT2D eigenvalue weighted by molar-refractivity contribution is 0.230. The highest BCUT2D eigenvalue weighted by Gasteiger charge is 2.22. The van der Waals surface area contributed by atoms with Gasteiger partial charge in [-0.2, -0.15) is 0 Å². The fourth-order valence-electron chi connectivity index (χ4n) is 2.20. The second-order valence-electron chi connectivity index (χ2n) is 5.80. The van der Waals surface area contributed by atoms with Gasteiger partial charge < -0.3 is 4.43 Å². The van der Waals surface area contributed by atoms with E-state index in [4.69, 9.17) is 4.43 Å². The molecule has 0 aromatic carbocycles. The predicted molar refractivity (Wildman–Crippen MR) is 76.5 cm³/mol. The third-order valence-electron chi connectivity index (χ3n) is 2.94. The Hall–Kier alpha value is 0.177. The Balaban J connectivity index is 3.36. The maximum Gasteiger partial charge on any atom is 0.187 e. The molecule has 1 nitrogen and oxygen atoms in total. The molecule has 0 saturated carbocycles. The van der Waals surface area contributed by atoms with Crippen LogP contribution in [0.25, 0.3) is 0 Å². The van der Waals surface area contributed by atoms with Crippen LogP contribution in [0.2, 0.25) is 19.1 Å². The molecule has 0 rings (SSSR count). The van der Waals surface area contributed by atoms with Gasteiger partial charge in [0.15, 0.2) is 8.32 Å². The Bertz CT molecular complexity index is 155. The average molecular weight is 244 g/mol. The van der Waals surface area contributed by atoms with E-state index in [2.05, 4.69) is 33.9 Å². The van der Waals surface area contributed by atoms with Crippen LogP contribution < -0.4 is 0 Å². The van der Waals surface area contributed by atoms with Crippen LogP contribution in [0.1, 0.15) is 65.7 Å². The van der Waals surface area contributed by atoms with Crippen molar-refractivity contribution in [1.29, 1.82) is 0 Å². The molecule has 0 heterocycles. The summed E-state index contributed by atoms with van der Waals surface area (Å²) in [6.07, 6.45) is 10.2. The smallest absolute Gasteiger partial charge is 0.187 e. The van der Waals surface area contributed by atoms with E-state index >= 15 is 0 Å². The molecule has 0 aliphatic rings. The molecule has 0 aliphatic heterocycles. The highest BCUT2D eigenvalue weighted by Crippen LogP contribution is 2.18. The molecular weight excluding hydrogens is 212 g/mol. The lowest BCUT2D eigenvalue weighted by Crippen LogP contribution is -2.33. The number of unbranched alkanes of at least 4 members (excludes halogenated alkanes) is 6. The SMILES string of the molecule is CCCCCCCCC[Si](C)(C)OC(C)C. The van der Waals surface area contributed by atoms with Crippen LogP contribution in [0.3, 0.4) is 0 Å². The third-order valence-corrected chi connectivity index (χ3v) is 5.60. The first-order chi connectivity index (χ1) is 7.48. The van der Waals surface area contributed by atoms with E-state index in [1.54, 1.807) is 0 Å². The standard InChI is InChI=1S/C14H32OSi/c1-6-7-8-9-10-11-12-13-16(4,5)15-14(2)3/h14H,6-13H2,1-5H3. The van der Waals surface area contributed by atoms with Crippen molar-refractivity contribution in [3.63, 3.8) is 0 Å². The first-order valence-corrected chi connectivity index (χ1v) is 10.3. The highest BCUT2D eigenvalue weighted by atomic mass is 28.4. The highest BCUT2D eigenvalue weighted by molar-refractivity contribution is 6.71. The summed E-state index contributed by atoms with van der Waals surface area (Å²) >= 11 is 0. The number of hydrogen-bond donors (Lipinski definition) is 0. The Morgan fingerprint density at radius 2 is 1.38 bits per heavy atom. The Kier molecular flexibility index (Phi) is 9.33. The molecule has 0 aromatic rings. The van der Waals surface area contributed by atoms with Crippen LogP contribution in [0.4, 0.5) is 0 Å². The van der Waals surface area contributed by atoms with Crippen LogP contribution in [-0.4, -0.2) is 14.4 Å². The fraction of sp³-hybridized carbons (Fsp3) is 1.00. The summed E-state index contributed by atoms with van der Waals surface area (Å²) in [5, 5.41) is 0. The van der Waals surface area contributed by atoms with Crippen molar-refractivity contribution < 1.29 is 4.43 Å². The van der Waals surface area contributed by atoms with Crippen molar-refractivity contribution in [3.05, 3.63) is 0 Å². The molecule has 0 aromatic heterocycles. The van der Waals surface area contributed by atoms with Gasteiger partial charge in [0, 0.05) is 6.10 Å². The minimum atomic E-state index is -1.34. The van der Waals surface area contributed by atoms with Crippen LogP contribution in [-0.2, 0) is 4.43 Å². The number of rotatable bonds is 10. The van der Waals surface area contributed by atoms with Gasteiger partial charge in [-0.3, -0.25) is 0 Å². The third kappa shape index (κ3) is 10.7. The first kappa shape index (κ1) is 16.2. The Morgan fingerprint density at radius 3 is 1.88 bits per heavy atom. The van der Waals surface area contributed by atoms with E-state index in [9.17, 15) is 0 Å². The van der Waals surface area contributed by atoms with Gasteiger partial charge >= 0.3 is 0 Å². The zero-order chi connectivity index (χ0) is 12.4. The van der Waals surface area contributed by atoms with Gasteiger partial charge in [0.25, 0.3) is 0 Å². The van der Waals surface area contributed by atoms with E-state index in [-0.39, 0.29) is 0 Å². The van der Waals surface area contributed by atoms with Gasteiger partial charge in [0.05, 0.1) is 0 Å². The molecule has 0 amide bonds. The van der Waals surface area contributed by atoms with E-state index in [0.717, 1.165) is 0 Å². The predicted octanol–water partition coefficient (Wildman–Crippen LogP) is 5.37. The van der Waals surface area contributed by atoms with Crippen molar-refractivity contribution in [2.24, 2.45) is 0 Å². The van der Waals surface area contributed by atoms with E-state index in [1.807, 2.05) is 0 Å². The molecule has 0 N–H and O–H groups in total. The van der Waals surface area contributed by atoms with Crippen molar-refractivity contribution in [2.75, 3.05) is 0 Å². The molecule has 0 aliphatic carbocycles. The van der Waals surface area contributed by atoms with Gasteiger partial charge in [-0.05, 0) is 33.0 Å². The van der Waals surface area contributed by atoms with Gasteiger partial charge in [-0.25, -0.2) is 0 Å². The quantitative estimate of drug-likeness (QED) is 0.371. The summed E-state index contributed by atoms with van der Waals surface area (Å²) in [5.41, 5.74) is 0. The zero-order valence-electron chi connectivity index (χ0n) is 12.1. The van der Waals surface area contributed by atoms with Crippen LogP contribution in [0, 0.1) is 0 Å². The minimum Gasteiger partial charge on any atom is -0.415 e. The van der Waals surface area contributed by atoms with E-state index in [0.29, 0.717) is 6.10 Å². The molecule has 0 atom stereocenters. The molecule has 0 spiro atoms. The molecule has 16 heavy (non-hydrogen) atoms. The second kappa shape index (κ2) is 9.23.